The Kier molecular flexibility index (Phi) is 9.21. The largest absolute Gasteiger partial charge is 0.497 e. The van der Waals surface area contributed by atoms with Crippen LogP contribution in [0.2, 0.25) is 0 Å². The van der Waals surface area contributed by atoms with E-state index in [0.29, 0.717) is 18.5 Å². The number of nitrogens with one attached hydrogen (secondary N) is 2. The molecule has 0 aromatic heterocycles. The summed E-state index contributed by atoms with van der Waals surface area (Å²) in [6.07, 6.45) is 7.42. The molecule has 1 saturated heterocycles. The maximum absolute atomic E-state index is 12.1. The summed E-state index contributed by atoms with van der Waals surface area (Å²) < 4.78 is 5.23. The number of rotatable bonds is 7. The molecule has 0 radical (unpaired) electrons. The van der Waals surface area contributed by atoms with Gasteiger partial charge in [-0.1, -0.05) is 19.1 Å². The zero-order valence-corrected chi connectivity index (χ0v) is 20.3. The highest BCUT2D eigenvalue weighted by molar-refractivity contribution is 5.86. The van der Waals surface area contributed by atoms with E-state index in [1.54, 1.807) is 26.1 Å². The molecule has 0 bridgehead atoms. The Morgan fingerprint density at radius 3 is 2.34 bits per heavy atom. The van der Waals surface area contributed by atoms with Crippen molar-refractivity contribution in [3.05, 3.63) is 29.8 Å². The van der Waals surface area contributed by atoms with Crippen LogP contribution in [0.3, 0.4) is 0 Å². The Bertz CT molecular complexity index is 733. The van der Waals surface area contributed by atoms with Crippen LogP contribution in [-0.4, -0.2) is 74.6 Å². The lowest BCUT2D eigenvalue weighted by molar-refractivity contribution is -0.127. The Morgan fingerprint density at radius 1 is 1.09 bits per heavy atom. The number of likely N-dealkylation sites (tertiary alicyclic amines) is 1. The first-order valence-corrected chi connectivity index (χ1v) is 12.1. The minimum atomic E-state index is 0.0342. The van der Waals surface area contributed by atoms with Crippen molar-refractivity contribution in [1.29, 1.82) is 0 Å². The van der Waals surface area contributed by atoms with Crippen LogP contribution in [0.4, 0.5) is 0 Å². The summed E-state index contributed by atoms with van der Waals surface area (Å²) in [6.45, 7) is 5.68. The van der Waals surface area contributed by atoms with Gasteiger partial charge in [-0.15, -0.1) is 0 Å². The number of likely N-dealkylation sites (N-methyl/N-ethyl adjacent to an activating group) is 1. The van der Waals surface area contributed by atoms with Crippen molar-refractivity contribution in [2.24, 2.45) is 10.9 Å². The predicted octanol–water partition coefficient (Wildman–Crippen LogP) is 2.86. The summed E-state index contributed by atoms with van der Waals surface area (Å²) in [6, 6.07) is 9.06. The van der Waals surface area contributed by atoms with Gasteiger partial charge in [0, 0.05) is 26.2 Å². The van der Waals surface area contributed by atoms with Crippen molar-refractivity contribution in [3.8, 4) is 5.75 Å². The molecule has 1 aliphatic heterocycles. The molecule has 0 atom stereocenters. The van der Waals surface area contributed by atoms with Gasteiger partial charge in [-0.3, -0.25) is 4.79 Å². The number of hydrogen-bond donors (Lipinski definition) is 2. The van der Waals surface area contributed by atoms with E-state index < -0.39 is 0 Å². The van der Waals surface area contributed by atoms with Crippen molar-refractivity contribution in [2.45, 2.75) is 64.1 Å². The van der Waals surface area contributed by atoms with Gasteiger partial charge in [-0.05, 0) is 75.2 Å². The topological polar surface area (TPSA) is 69.2 Å². The average Bonchev–Trinajstić information content (AvgIpc) is 2.82. The smallest absolute Gasteiger partial charge is 0.241 e. The summed E-state index contributed by atoms with van der Waals surface area (Å²) in [5.41, 5.74) is 1.11. The van der Waals surface area contributed by atoms with E-state index in [1.165, 1.54) is 38.8 Å². The molecular formula is C25H41N5O2. The number of piperidine rings is 1. The second kappa shape index (κ2) is 12.1. The average molecular weight is 444 g/mol. The van der Waals surface area contributed by atoms with Gasteiger partial charge in [0.1, 0.15) is 5.75 Å². The number of guanidine groups is 1. The zero-order chi connectivity index (χ0) is 22.9. The Morgan fingerprint density at radius 2 is 1.75 bits per heavy atom. The van der Waals surface area contributed by atoms with Crippen LogP contribution >= 0.6 is 0 Å². The molecule has 0 spiro atoms. The summed E-state index contributed by atoms with van der Waals surface area (Å²) in [4.78, 5) is 21.2. The van der Waals surface area contributed by atoms with Gasteiger partial charge < -0.3 is 25.2 Å². The van der Waals surface area contributed by atoms with E-state index in [1.807, 2.05) is 24.3 Å². The highest BCUT2D eigenvalue weighted by Gasteiger charge is 2.28. The third-order valence-electron chi connectivity index (χ3n) is 6.86. The van der Waals surface area contributed by atoms with Crippen LogP contribution in [0.1, 0.15) is 51.0 Å². The highest BCUT2D eigenvalue weighted by atomic mass is 16.5. The van der Waals surface area contributed by atoms with Gasteiger partial charge in [-0.25, -0.2) is 4.99 Å². The minimum absolute atomic E-state index is 0.0342. The summed E-state index contributed by atoms with van der Waals surface area (Å²) in [7, 11) is 5.21. The van der Waals surface area contributed by atoms with Crippen LogP contribution < -0.4 is 15.4 Å². The SMILES string of the molecule is COc1ccc(CN=C(NCC(=O)N(C)C)NC2CCC(N3CCC(C)CC3)CC2)cc1. The molecule has 7 heteroatoms. The molecule has 3 rings (SSSR count). The van der Waals surface area contributed by atoms with E-state index in [4.69, 9.17) is 9.73 Å². The molecule has 7 nitrogen and oxygen atoms in total. The molecule has 2 fully saturated rings. The molecule has 1 aromatic carbocycles. The van der Waals surface area contributed by atoms with Crippen molar-refractivity contribution >= 4 is 11.9 Å². The summed E-state index contributed by atoms with van der Waals surface area (Å²) >= 11 is 0. The standard InChI is InChI=1S/C25H41N5O2/c1-19-13-15-30(16-14-19)22-9-7-21(8-10-22)28-25(27-18-24(31)29(2)3)26-17-20-5-11-23(32-4)12-6-20/h5-6,11-12,19,21-22H,7-10,13-18H2,1-4H3,(H2,26,27,28). The molecule has 0 unspecified atom stereocenters. The van der Waals surface area contributed by atoms with E-state index in [-0.39, 0.29) is 12.5 Å². The monoisotopic (exact) mass is 443 g/mol. The Balaban J connectivity index is 1.55. The first-order chi connectivity index (χ1) is 15.4. The number of hydrogen-bond acceptors (Lipinski definition) is 4. The van der Waals surface area contributed by atoms with Crippen LogP contribution in [0.25, 0.3) is 0 Å². The van der Waals surface area contributed by atoms with Gasteiger partial charge >= 0.3 is 0 Å². The van der Waals surface area contributed by atoms with E-state index in [0.717, 1.165) is 36.1 Å². The summed E-state index contributed by atoms with van der Waals surface area (Å²) in [5.74, 6) is 2.47. The number of aliphatic imine (C=N–C) groups is 1. The number of benzene rings is 1. The second-order valence-corrected chi connectivity index (χ2v) is 9.52. The molecule has 32 heavy (non-hydrogen) atoms. The van der Waals surface area contributed by atoms with Crippen LogP contribution in [0, 0.1) is 5.92 Å². The van der Waals surface area contributed by atoms with Gasteiger partial charge in [-0.2, -0.15) is 0 Å². The zero-order valence-electron chi connectivity index (χ0n) is 20.3. The molecule has 178 valence electrons. The normalized spacial score (nSPS) is 22.9. The van der Waals surface area contributed by atoms with Crippen molar-refractivity contribution in [3.63, 3.8) is 0 Å². The van der Waals surface area contributed by atoms with Crippen LogP contribution in [0.5, 0.6) is 5.75 Å². The number of methoxy groups -OCH3 is 1. The number of amides is 1. The van der Waals surface area contributed by atoms with Crippen molar-refractivity contribution in [1.82, 2.24) is 20.4 Å². The second-order valence-electron chi connectivity index (χ2n) is 9.52. The number of carbonyl (C=O) groups is 1. The van der Waals surface area contributed by atoms with Crippen molar-refractivity contribution in [2.75, 3.05) is 40.8 Å². The molecule has 1 aliphatic carbocycles. The first kappa shape index (κ1) is 24.4. The van der Waals surface area contributed by atoms with E-state index in [9.17, 15) is 4.79 Å². The fourth-order valence-electron chi connectivity index (χ4n) is 4.54. The van der Waals surface area contributed by atoms with Gasteiger partial charge in [0.05, 0.1) is 20.2 Å². The number of ether oxygens (including phenoxy) is 1. The van der Waals surface area contributed by atoms with E-state index >= 15 is 0 Å². The van der Waals surface area contributed by atoms with Gasteiger partial charge in [0.15, 0.2) is 5.96 Å². The molecular weight excluding hydrogens is 402 g/mol. The third kappa shape index (κ3) is 7.40. The maximum atomic E-state index is 12.1. The molecule has 1 amide bonds. The predicted molar refractivity (Wildman–Crippen MR) is 130 cm³/mol. The first-order valence-electron chi connectivity index (χ1n) is 12.1. The lowest BCUT2D eigenvalue weighted by Gasteiger charge is -2.40. The number of nitrogens with zero attached hydrogens (tertiary/aromatic N) is 3. The van der Waals surface area contributed by atoms with E-state index in [2.05, 4.69) is 22.5 Å². The van der Waals surface area contributed by atoms with Crippen LogP contribution in [-0.2, 0) is 11.3 Å². The quantitative estimate of drug-likeness (QED) is 0.501. The Labute approximate surface area is 193 Å². The fraction of sp³-hybridized carbons (Fsp3) is 0.680. The molecule has 1 saturated carbocycles. The lowest BCUT2D eigenvalue weighted by Crippen LogP contribution is -2.50. The number of carbonyl (C=O) groups excluding carboxylic acids is 1. The van der Waals surface area contributed by atoms with Crippen molar-refractivity contribution < 1.29 is 9.53 Å². The van der Waals surface area contributed by atoms with Gasteiger partial charge in [0.2, 0.25) is 5.91 Å². The maximum Gasteiger partial charge on any atom is 0.241 e. The molecule has 2 aliphatic rings. The fourth-order valence-corrected chi connectivity index (χ4v) is 4.54. The highest BCUT2D eigenvalue weighted by Crippen LogP contribution is 2.27. The van der Waals surface area contributed by atoms with Gasteiger partial charge in [0.25, 0.3) is 0 Å². The Hall–Kier alpha value is -2.28. The van der Waals surface area contributed by atoms with Crippen LogP contribution in [0.15, 0.2) is 29.3 Å². The molecule has 1 aromatic rings. The molecule has 2 N–H and O–H groups in total. The summed E-state index contributed by atoms with van der Waals surface area (Å²) in [5, 5.41) is 6.83. The molecule has 1 heterocycles. The minimum Gasteiger partial charge on any atom is -0.497 e. The lowest BCUT2D eigenvalue weighted by atomic mass is 9.88. The third-order valence-corrected chi connectivity index (χ3v) is 6.86.